The van der Waals surface area contributed by atoms with Gasteiger partial charge in [0.15, 0.2) is 0 Å². The highest BCUT2D eigenvalue weighted by Crippen LogP contribution is 2.34. The first kappa shape index (κ1) is 25.7. The molecule has 2 heterocycles. The van der Waals surface area contributed by atoms with Gasteiger partial charge in [0.25, 0.3) is 0 Å². The molecule has 1 aromatic heterocycles. The molecule has 0 bridgehead atoms. The number of thioether (sulfide) groups is 1. The molecule has 6 heteroatoms. The van der Waals surface area contributed by atoms with Crippen LogP contribution in [0.2, 0.25) is 0 Å². The minimum atomic E-state index is 0.266. The Morgan fingerprint density at radius 2 is 2.03 bits per heavy atom. The molecular formula is C28H43N3O2S. The summed E-state index contributed by atoms with van der Waals surface area (Å²) in [6.07, 6.45) is 12.4. The molecule has 3 atom stereocenters. The highest BCUT2D eigenvalue weighted by molar-refractivity contribution is 7.99. The summed E-state index contributed by atoms with van der Waals surface area (Å²) in [5, 5.41) is 15.8. The van der Waals surface area contributed by atoms with E-state index in [1.807, 2.05) is 25.4 Å². The van der Waals surface area contributed by atoms with Crippen molar-refractivity contribution in [3.63, 3.8) is 0 Å². The van der Waals surface area contributed by atoms with E-state index in [-0.39, 0.29) is 6.04 Å². The Labute approximate surface area is 210 Å². The Morgan fingerprint density at radius 3 is 2.79 bits per heavy atom. The van der Waals surface area contributed by atoms with Crippen LogP contribution in [0.1, 0.15) is 63.0 Å². The molecule has 1 aromatic carbocycles. The van der Waals surface area contributed by atoms with Crippen LogP contribution in [0.5, 0.6) is 5.75 Å². The number of piperidine rings is 1. The van der Waals surface area contributed by atoms with Gasteiger partial charge in [-0.1, -0.05) is 19.3 Å². The number of nitrogens with zero attached hydrogens (tertiary/aromatic N) is 2. The van der Waals surface area contributed by atoms with Crippen LogP contribution in [0.25, 0.3) is 10.9 Å². The number of fused-ring (bicyclic) bond motifs is 1. The number of aliphatic hydroxyl groups excluding tert-OH is 1. The van der Waals surface area contributed by atoms with Gasteiger partial charge in [0.1, 0.15) is 5.75 Å². The normalized spacial score (nSPS) is 23.3. The maximum absolute atomic E-state index is 10.2. The first-order valence-electron chi connectivity index (χ1n) is 13.3. The maximum atomic E-state index is 10.2. The molecule has 1 saturated heterocycles. The third-order valence-corrected chi connectivity index (χ3v) is 9.42. The number of benzene rings is 1. The van der Waals surface area contributed by atoms with Crippen LogP contribution in [0.3, 0.4) is 0 Å². The van der Waals surface area contributed by atoms with Crippen molar-refractivity contribution in [3.05, 3.63) is 36.0 Å². The third kappa shape index (κ3) is 6.66. The molecule has 0 unspecified atom stereocenters. The van der Waals surface area contributed by atoms with Crippen molar-refractivity contribution in [2.24, 2.45) is 11.8 Å². The number of ether oxygens (including phenoxy) is 1. The molecular weight excluding hydrogens is 442 g/mol. The molecule has 188 valence electrons. The Hall–Kier alpha value is -1.34. The number of pyridine rings is 1. The molecule has 0 amide bonds. The average Bonchev–Trinajstić information content (AvgIpc) is 2.89. The van der Waals surface area contributed by atoms with Gasteiger partial charge in [-0.3, -0.25) is 4.98 Å². The molecule has 0 spiro atoms. The van der Waals surface area contributed by atoms with E-state index >= 15 is 0 Å². The van der Waals surface area contributed by atoms with E-state index in [2.05, 4.69) is 39.1 Å². The van der Waals surface area contributed by atoms with E-state index in [0.717, 1.165) is 41.3 Å². The fourth-order valence-electron chi connectivity index (χ4n) is 5.94. The Morgan fingerprint density at radius 1 is 1.18 bits per heavy atom. The van der Waals surface area contributed by atoms with Gasteiger partial charge in [-0.25, -0.2) is 0 Å². The lowest BCUT2D eigenvalue weighted by Gasteiger charge is -2.38. The van der Waals surface area contributed by atoms with Crippen LogP contribution in [0.15, 0.2) is 30.5 Å². The fraction of sp³-hybridized carbons (Fsp3) is 0.679. The second kappa shape index (κ2) is 13.1. The summed E-state index contributed by atoms with van der Waals surface area (Å²) < 4.78 is 5.46. The Balaban J connectivity index is 1.30. The van der Waals surface area contributed by atoms with E-state index in [9.17, 15) is 5.11 Å². The number of hydrogen-bond donors (Lipinski definition) is 2. The minimum Gasteiger partial charge on any atom is -0.497 e. The van der Waals surface area contributed by atoms with Gasteiger partial charge < -0.3 is 20.1 Å². The second-order valence-corrected chi connectivity index (χ2v) is 11.5. The zero-order valence-electron chi connectivity index (χ0n) is 21.0. The van der Waals surface area contributed by atoms with Crippen molar-refractivity contribution in [3.8, 4) is 5.75 Å². The molecule has 2 fully saturated rings. The van der Waals surface area contributed by atoms with E-state index in [1.54, 1.807) is 7.11 Å². The number of hydrogen-bond acceptors (Lipinski definition) is 6. The summed E-state index contributed by atoms with van der Waals surface area (Å²) in [6.45, 7) is 3.70. The van der Waals surface area contributed by atoms with Crippen molar-refractivity contribution in [1.29, 1.82) is 0 Å². The molecule has 0 radical (unpaired) electrons. The molecule has 2 aromatic rings. The van der Waals surface area contributed by atoms with Gasteiger partial charge in [-0.2, -0.15) is 11.8 Å². The average molecular weight is 486 g/mol. The molecule has 1 saturated carbocycles. The predicted octanol–water partition coefficient (Wildman–Crippen LogP) is 5.28. The van der Waals surface area contributed by atoms with Gasteiger partial charge >= 0.3 is 0 Å². The summed E-state index contributed by atoms with van der Waals surface area (Å²) >= 11 is 2.19. The summed E-state index contributed by atoms with van der Waals surface area (Å²) in [7, 11) is 3.76. The zero-order chi connectivity index (χ0) is 23.8. The lowest BCUT2D eigenvalue weighted by molar-refractivity contribution is 0.0696. The van der Waals surface area contributed by atoms with Crippen molar-refractivity contribution < 1.29 is 9.84 Å². The molecule has 2 aliphatic rings. The lowest BCUT2D eigenvalue weighted by atomic mass is 9.81. The molecule has 1 aliphatic carbocycles. The van der Waals surface area contributed by atoms with E-state index in [0.29, 0.717) is 18.4 Å². The molecule has 2 N–H and O–H groups in total. The quantitative estimate of drug-likeness (QED) is 0.452. The summed E-state index contributed by atoms with van der Waals surface area (Å²) in [6, 6.07) is 8.51. The number of likely N-dealkylation sites (tertiary alicyclic amines) is 1. The standard InChI is InChI=1S/C28H43N3O2S/c1-29-27(25-12-14-30-28-11-9-23(33-2)18-26(25)28)10-8-21-13-15-31(19-22(21)20-32)16-17-34-24-6-4-3-5-7-24/h9,11-12,14,18,21-22,24,27,29,32H,3-8,10,13,15-17,19-20H2,1-2H3/t21-,22-,27-/m1/s1. The monoisotopic (exact) mass is 485 g/mol. The van der Waals surface area contributed by atoms with Gasteiger partial charge in [-0.05, 0) is 87.4 Å². The number of nitrogens with one attached hydrogen (secondary N) is 1. The second-order valence-electron chi connectivity index (χ2n) is 10.1. The highest BCUT2D eigenvalue weighted by Gasteiger charge is 2.29. The van der Waals surface area contributed by atoms with Gasteiger partial charge in [0.05, 0.1) is 12.6 Å². The number of aliphatic hydroxyl groups is 1. The SMILES string of the molecule is CN[C@H](CC[C@@H]1CCN(CCSC2CCCCC2)C[C@@H]1CO)c1ccnc2ccc(OC)cc12. The van der Waals surface area contributed by atoms with Crippen LogP contribution in [-0.4, -0.2) is 66.4 Å². The zero-order valence-corrected chi connectivity index (χ0v) is 21.9. The Kier molecular flexibility index (Phi) is 9.92. The Bertz CT molecular complexity index is 889. The molecule has 5 nitrogen and oxygen atoms in total. The van der Waals surface area contributed by atoms with Gasteiger partial charge in [0, 0.05) is 48.3 Å². The topological polar surface area (TPSA) is 57.6 Å². The van der Waals surface area contributed by atoms with Gasteiger partial charge in [-0.15, -0.1) is 0 Å². The van der Waals surface area contributed by atoms with Crippen LogP contribution < -0.4 is 10.1 Å². The van der Waals surface area contributed by atoms with Crippen molar-refractivity contribution >= 4 is 22.7 Å². The van der Waals surface area contributed by atoms with Crippen LogP contribution in [0, 0.1) is 11.8 Å². The minimum absolute atomic E-state index is 0.266. The smallest absolute Gasteiger partial charge is 0.119 e. The summed E-state index contributed by atoms with van der Waals surface area (Å²) in [4.78, 5) is 7.15. The van der Waals surface area contributed by atoms with Crippen molar-refractivity contribution in [2.75, 3.05) is 46.2 Å². The number of methoxy groups -OCH3 is 1. The lowest BCUT2D eigenvalue weighted by Crippen LogP contribution is -2.43. The van der Waals surface area contributed by atoms with E-state index in [4.69, 9.17) is 4.74 Å². The number of aromatic nitrogens is 1. The van der Waals surface area contributed by atoms with Crippen molar-refractivity contribution in [1.82, 2.24) is 15.2 Å². The first-order chi connectivity index (χ1) is 16.7. The highest BCUT2D eigenvalue weighted by atomic mass is 32.2. The molecule has 4 rings (SSSR count). The van der Waals surface area contributed by atoms with Crippen LogP contribution >= 0.6 is 11.8 Å². The maximum Gasteiger partial charge on any atom is 0.119 e. The molecule has 34 heavy (non-hydrogen) atoms. The number of rotatable bonds is 11. The van der Waals surface area contributed by atoms with Crippen LogP contribution in [0.4, 0.5) is 0 Å². The largest absolute Gasteiger partial charge is 0.497 e. The molecule has 1 aliphatic heterocycles. The van der Waals surface area contributed by atoms with Crippen molar-refractivity contribution in [2.45, 2.75) is 62.7 Å². The van der Waals surface area contributed by atoms with E-state index < -0.39 is 0 Å². The van der Waals surface area contributed by atoms with Crippen LogP contribution in [-0.2, 0) is 0 Å². The predicted molar refractivity (Wildman–Crippen MR) is 144 cm³/mol. The summed E-state index contributed by atoms with van der Waals surface area (Å²) in [5.74, 6) is 3.09. The third-order valence-electron chi connectivity index (χ3n) is 8.06. The first-order valence-corrected chi connectivity index (χ1v) is 14.3. The van der Waals surface area contributed by atoms with Gasteiger partial charge in [0.2, 0.25) is 0 Å². The summed E-state index contributed by atoms with van der Waals surface area (Å²) in [5.41, 5.74) is 2.29. The fourth-order valence-corrected chi connectivity index (χ4v) is 7.30. The van der Waals surface area contributed by atoms with E-state index in [1.165, 1.54) is 62.9 Å².